The molecule has 0 spiro atoms. The van der Waals surface area contributed by atoms with Gasteiger partial charge >= 0.3 is 0 Å². The Labute approximate surface area is 99.5 Å². The maximum absolute atomic E-state index is 5.72. The van der Waals surface area contributed by atoms with Crippen LogP contribution in [0.1, 0.15) is 39.0 Å². The van der Waals surface area contributed by atoms with E-state index in [1.807, 2.05) is 7.11 Å². The van der Waals surface area contributed by atoms with Gasteiger partial charge in [0.15, 0.2) is 0 Å². The highest BCUT2D eigenvalue weighted by Gasteiger charge is 2.38. The monoisotopic (exact) mass is 226 g/mol. The molecular weight excluding hydrogens is 200 g/mol. The minimum atomic E-state index is 0.197. The third kappa shape index (κ3) is 2.76. The van der Waals surface area contributed by atoms with Gasteiger partial charge in [0.25, 0.3) is 0 Å². The Morgan fingerprint density at radius 1 is 1.38 bits per heavy atom. The highest BCUT2D eigenvalue weighted by Crippen LogP contribution is 2.35. The lowest BCUT2D eigenvalue weighted by Crippen LogP contribution is -2.51. The predicted octanol–water partition coefficient (Wildman–Crippen LogP) is 1.63. The van der Waals surface area contributed by atoms with Gasteiger partial charge in [0.05, 0.1) is 5.60 Å². The van der Waals surface area contributed by atoms with Crippen LogP contribution in [-0.4, -0.2) is 49.8 Å². The normalized spacial score (nSPS) is 30.8. The van der Waals surface area contributed by atoms with Gasteiger partial charge in [-0.3, -0.25) is 4.90 Å². The van der Waals surface area contributed by atoms with Crippen molar-refractivity contribution in [2.75, 3.05) is 33.3 Å². The van der Waals surface area contributed by atoms with E-state index in [9.17, 15) is 0 Å². The van der Waals surface area contributed by atoms with Crippen molar-refractivity contribution < 1.29 is 4.74 Å². The van der Waals surface area contributed by atoms with Gasteiger partial charge in [0.1, 0.15) is 0 Å². The standard InChI is InChI=1S/C13H26N2O/c1-3-12-10-15(9-5-8-14-12)11-13(16-2)6-4-7-13/h12,14H,3-11H2,1-2H3. The first kappa shape index (κ1) is 12.3. The Kier molecular flexibility index (Phi) is 4.22. The number of hydrogen-bond donors (Lipinski definition) is 1. The average molecular weight is 226 g/mol. The van der Waals surface area contributed by atoms with E-state index < -0.39 is 0 Å². The Bertz CT molecular complexity index is 210. The molecule has 16 heavy (non-hydrogen) atoms. The Balaban J connectivity index is 1.87. The van der Waals surface area contributed by atoms with Gasteiger partial charge < -0.3 is 10.1 Å². The van der Waals surface area contributed by atoms with Crippen molar-refractivity contribution in [1.29, 1.82) is 0 Å². The van der Waals surface area contributed by atoms with Crippen LogP contribution in [0.15, 0.2) is 0 Å². The largest absolute Gasteiger partial charge is 0.377 e. The highest BCUT2D eigenvalue weighted by atomic mass is 16.5. The molecule has 0 aromatic rings. The van der Waals surface area contributed by atoms with Crippen LogP contribution < -0.4 is 5.32 Å². The fourth-order valence-corrected chi connectivity index (χ4v) is 2.90. The molecule has 1 atom stereocenters. The molecule has 0 aromatic heterocycles. The van der Waals surface area contributed by atoms with Gasteiger partial charge in [-0.15, -0.1) is 0 Å². The predicted molar refractivity (Wildman–Crippen MR) is 66.7 cm³/mol. The highest BCUT2D eigenvalue weighted by molar-refractivity contribution is 4.93. The molecule has 1 saturated carbocycles. The molecule has 1 N–H and O–H groups in total. The van der Waals surface area contributed by atoms with Crippen LogP contribution in [0, 0.1) is 0 Å². The number of methoxy groups -OCH3 is 1. The Morgan fingerprint density at radius 2 is 2.19 bits per heavy atom. The zero-order chi connectivity index (χ0) is 11.4. The van der Waals surface area contributed by atoms with Crippen LogP contribution in [0.25, 0.3) is 0 Å². The lowest BCUT2D eigenvalue weighted by molar-refractivity contribution is -0.0914. The van der Waals surface area contributed by atoms with Gasteiger partial charge in [-0.2, -0.15) is 0 Å². The molecule has 94 valence electrons. The minimum Gasteiger partial charge on any atom is -0.377 e. The average Bonchev–Trinajstić information content (AvgIpc) is 2.48. The summed E-state index contributed by atoms with van der Waals surface area (Å²) in [5.74, 6) is 0. The summed E-state index contributed by atoms with van der Waals surface area (Å²) in [5.41, 5.74) is 0.197. The van der Waals surface area contributed by atoms with Crippen LogP contribution in [0.2, 0.25) is 0 Å². The maximum Gasteiger partial charge on any atom is 0.0805 e. The summed E-state index contributed by atoms with van der Waals surface area (Å²) in [6.07, 6.45) is 6.36. The zero-order valence-corrected chi connectivity index (χ0v) is 10.8. The van der Waals surface area contributed by atoms with Gasteiger partial charge in [-0.1, -0.05) is 6.92 Å². The van der Waals surface area contributed by atoms with Crippen molar-refractivity contribution >= 4 is 0 Å². The molecule has 2 aliphatic rings. The van der Waals surface area contributed by atoms with Crippen molar-refractivity contribution in [3.63, 3.8) is 0 Å². The molecule has 0 bridgehead atoms. The van der Waals surface area contributed by atoms with Gasteiger partial charge in [-0.05, 0) is 45.2 Å². The van der Waals surface area contributed by atoms with Crippen molar-refractivity contribution in [3.05, 3.63) is 0 Å². The molecule has 3 heteroatoms. The lowest BCUT2D eigenvalue weighted by atomic mass is 9.79. The lowest BCUT2D eigenvalue weighted by Gasteiger charge is -2.44. The molecule has 2 rings (SSSR count). The van der Waals surface area contributed by atoms with Gasteiger partial charge in [-0.25, -0.2) is 0 Å². The molecule has 1 unspecified atom stereocenters. The topological polar surface area (TPSA) is 24.5 Å². The van der Waals surface area contributed by atoms with E-state index in [2.05, 4.69) is 17.1 Å². The van der Waals surface area contributed by atoms with E-state index in [0.717, 1.165) is 6.54 Å². The van der Waals surface area contributed by atoms with Gasteiger partial charge in [0, 0.05) is 26.2 Å². The Hall–Kier alpha value is -0.120. The summed E-state index contributed by atoms with van der Waals surface area (Å²) in [5, 5.41) is 3.62. The molecule has 0 radical (unpaired) electrons. The van der Waals surface area contributed by atoms with E-state index in [1.54, 1.807) is 0 Å². The summed E-state index contributed by atoms with van der Waals surface area (Å²) >= 11 is 0. The van der Waals surface area contributed by atoms with E-state index in [-0.39, 0.29) is 5.60 Å². The molecule has 1 saturated heterocycles. The third-order valence-corrected chi connectivity index (χ3v) is 4.27. The van der Waals surface area contributed by atoms with Crippen molar-refractivity contribution in [2.45, 2.75) is 50.7 Å². The second-order valence-corrected chi connectivity index (χ2v) is 5.39. The first-order chi connectivity index (χ1) is 7.78. The first-order valence-electron chi connectivity index (χ1n) is 6.79. The molecule has 1 aliphatic carbocycles. The number of rotatable bonds is 4. The maximum atomic E-state index is 5.72. The van der Waals surface area contributed by atoms with Crippen LogP contribution >= 0.6 is 0 Å². The molecule has 1 heterocycles. The SMILES string of the molecule is CCC1CN(CC2(OC)CCC2)CCCN1. The number of hydrogen-bond acceptors (Lipinski definition) is 3. The van der Waals surface area contributed by atoms with Gasteiger partial charge in [0.2, 0.25) is 0 Å². The van der Waals surface area contributed by atoms with E-state index in [1.165, 1.54) is 51.7 Å². The van der Waals surface area contributed by atoms with Crippen LogP contribution in [0.3, 0.4) is 0 Å². The van der Waals surface area contributed by atoms with Crippen molar-refractivity contribution in [1.82, 2.24) is 10.2 Å². The smallest absolute Gasteiger partial charge is 0.0805 e. The summed E-state index contributed by atoms with van der Waals surface area (Å²) < 4.78 is 5.72. The van der Waals surface area contributed by atoms with Crippen LogP contribution in [0.5, 0.6) is 0 Å². The molecule has 0 amide bonds. The molecule has 3 nitrogen and oxygen atoms in total. The van der Waals surface area contributed by atoms with Crippen molar-refractivity contribution in [3.8, 4) is 0 Å². The summed E-state index contributed by atoms with van der Waals surface area (Å²) in [6.45, 7) is 7.02. The number of nitrogens with zero attached hydrogens (tertiary/aromatic N) is 1. The van der Waals surface area contributed by atoms with E-state index in [4.69, 9.17) is 4.74 Å². The third-order valence-electron chi connectivity index (χ3n) is 4.27. The zero-order valence-electron chi connectivity index (χ0n) is 10.8. The summed E-state index contributed by atoms with van der Waals surface area (Å²) in [7, 11) is 1.88. The van der Waals surface area contributed by atoms with Crippen molar-refractivity contribution in [2.24, 2.45) is 0 Å². The Morgan fingerprint density at radius 3 is 2.75 bits per heavy atom. The quantitative estimate of drug-likeness (QED) is 0.788. The fraction of sp³-hybridized carbons (Fsp3) is 1.00. The number of nitrogens with one attached hydrogen (secondary N) is 1. The minimum absolute atomic E-state index is 0.197. The van der Waals surface area contributed by atoms with E-state index in [0.29, 0.717) is 6.04 Å². The molecule has 0 aromatic carbocycles. The van der Waals surface area contributed by atoms with Crippen LogP contribution in [-0.2, 0) is 4.74 Å². The summed E-state index contributed by atoms with van der Waals surface area (Å²) in [6, 6.07) is 0.677. The molecule has 2 fully saturated rings. The summed E-state index contributed by atoms with van der Waals surface area (Å²) in [4.78, 5) is 2.61. The molecule has 1 aliphatic heterocycles. The first-order valence-corrected chi connectivity index (χ1v) is 6.79. The molecular formula is C13H26N2O. The number of ether oxygens (including phenoxy) is 1. The second kappa shape index (κ2) is 5.48. The van der Waals surface area contributed by atoms with E-state index >= 15 is 0 Å². The fourth-order valence-electron chi connectivity index (χ4n) is 2.90. The second-order valence-electron chi connectivity index (χ2n) is 5.39. The van der Waals surface area contributed by atoms with Crippen LogP contribution in [0.4, 0.5) is 0 Å².